The van der Waals surface area contributed by atoms with Crippen LogP contribution in [-0.4, -0.2) is 11.1 Å². The van der Waals surface area contributed by atoms with Crippen LogP contribution in [0.1, 0.15) is 23.6 Å². The maximum absolute atomic E-state index is 11.3. The largest absolute Gasteiger partial charge is 0.477 e. The van der Waals surface area contributed by atoms with Crippen LogP contribution in [0.4, 0.5) is 0 Å². The lowest BCUT2D eigenvalue weighted by Crippen LogP contribution is -2.14. The molecule has 0 atom stereocenters. The van der Waals surface area contributed by atoms with Gasteiger partial charge in [0, 0.05) is 5.57 Å². The first kappa shape index (κ1) is 13.9. The molecule has 20 heavy (non-hydrogen) atoms. The van der Waals surface area contributed by atoms with Gasteiger partial charge in [0.25, 0.3) is 0 Å². The SMILES string of the molecule is CCc1ccccc1C(=C(N)C(=O)O)c1ccccc1. The van der Waals surface area contributed by atoms with Gasteiger partial charge in [-0.15, -0.1) is 0 Å². The zero-order chi connectivity index (χ0) is 14.5. The van der Waals surface area contributed by atoms with Gasteiger partial charge in [-0.25, -0.2) is 4.79 Å². The first-order valence-electron chi connectivity index (χ1n) is 6.52. The van der Waals surface area contributed by atoms with E-state index in [1.165, 1.54) is 0 Å². The third-order valence-corrected chi connectivity index (χ3v) is 3.23. The minimum Gasteiger partial charge on any atom is -0.477 e. The lowest BCUT2D eigenvalue weighted by atomic mass is 9.91. The summed E-state index contributed by atoms with van der Waals surface area (Å²) in [4.78, 5) is 11.3. The standard InChI is InChI=1S/C17H17NO2/c1-2-12-8-6-7-11-14(12)15(16(18)17(19)20)13-9-4-3-5-10-13/h3-11H,2,18H2,1H3,(H,19,20). The monoisotopic (exact) mass is 267 g/mol. The van der Waals surface area contributed by atoms with Gasteiger partial charge in [0.1, 0.15) is 5.70 Å². The zero-order valence-corrected chi connectivity index (χ0v) is 11.3. The number of nitrogens with two attached hydrogens (primary N) is 1. The second kappa shape index (κ2) is 6.06. The topological polar surface area (TPSA) is 63.3 Å². The summed E-state index contributed by atoms with van der Waals surface area (Å²) in [6, 6.07) is 17.1. The first-order valence-corrected chi connectivity index (χ1v) is 6.52. The Kier molecular flexibility index (Phi) is 4.20. The molecule has 2 aromatic rings. The summed E-state index contributed by atoms with van der Waals surface area (Å²) in [5, 5.41) is 9.26. The molecule has 3 heteroatoms. The van der Waals surface area contributed by atoms with Gasteiger partial charge in [-0.05, 0) is 23.1 Å². The van der Waals surface area contributed by atoms with Crippen LogP contribution in [0.2, 0.25) is 0 Å². The van der Waals surface area contributed by atoms with Crippen molar-refractivity contribution in [2.24, 2.45) is 5.73 Å². The van der Waals surface area contributed by atoms with Crippen molar-refractivity contribution in [1.82, 2.24) is 0 Å². The minimum absolute atomic E-state index is 0.128. The summed E-state index contributed by atoms with van der Waals surface area (Å²) in [5.74, 6) is -1.10. The molecule has 0 fully saturated rings. The van der Waals surface area contributed by atoms with Gasteiger partial charge in [0.2, 0.25) is 0 Å². The lowest BCUT2D eigenvalue weighted by Gasteiger charge is -2.14. The van der Waals surface area contributed by atoms with Crippen LogP contribution < -0.4 is 5.73 Å². The predicted molar refractivity (Wildman–Crippen MR) is 80.1 cm³/mol. The number of benzene rings is 2. The van der Waals surface area contributed by atoms with E-state index < -0.39 is 5.97 Å². The molecule has 0 aromatic heterocycles. The number of hydrogen-bond acceptors (Lipinski definition) is 2. The molecule has 0 heterocycles. The smallest absolute Gasteiger partial charge is 0.352 e. The molecule has 0 aliphatic carbocycles. The Bertz CT molecular complexity index is 645. The molecule has 0 aliphatic rings. The minimum atomic E-state index is -1.10. The van der Waals surface area contributed by atoms with Gasteiger partial charge in [0.05, 0.1) is 0 Å². The van der Waals surface area contributed by atoms with E-state index in [1.807, 2.05) is 61.5 Å². The normalized spacial score (nSPS) is 11.8. The number of carboxylic acid groups (broad SMARTS) is 1. The Morgan fingerprint density at radius 1 is 1.05 bits per heavy atom. The summed E-state index contributed by atoms with van der Waals surface area (Å²) in [7, 11) is 0. The fourth-order valence-electron chi connectivity index (χ4n) is 2.24. The van der Waals surface area contributed by atoms with E-state index in [1.54, 1.807) is 0 Å². The van der Waals surface area contributed by atoms with Crippen molar-refractivity contribution in [3.8, 4) is 0 Å². The highest BCUT2D eigenvalue weighted by Gasteiger charge is 2.16. The van der Waals surface area contributed by atoms with Crippen LogP contribution >= 0.6 is 0 Å². The number of hydrogen-bond donors (Lipinski definition) is 2. The van der Waals surface area contributed by atoms with Gasteiger partial charge in [0.15, 0.2) is 0 Å². The molecule has 0 spiro atoms. The molecule has 0 radical (unpaired) electrons. The Hall–Kier alpha value is -2.55. The molecule has 0 saturated carbocycles. The van der Waals surface area contributed by atoms with Crippen LogP contribution in [0.3, 0.4) is 0 Å². The van der Waals surface area contributed by atoms with Crippen LogP contribution in [0.15, 0.2) is 60.3 Å². The van der Waals surface area contributed by atoms with E-state index in [0.29, 0.717) is 5.57 Å². The Morgan fingerprint density at radius 3 is 2.25 bits per heavy atom. The summed E-state index contributed by atoms with van der Waals surface area (Å²) in [5.41, 5.74) is 9.05. The van der Waals surface area contributed by atoms with Crippen molar-refractivity contribution in [3.63, 3.8) is 0 Å². The molecular weight excluding hydrogens is 250 g/mol. The van der Waals surface area contributed by atoms with Gasteiger partial charge >= 0.3 is 5.97 Å². The summed E-state index contributed by atoms with van der Waals surface area (Å²) in [6.45, 7) is 2.04. The molecule has 0 amide bonds. The average molecular weight is 267 g/mol. The van der Waals surface area contributed by atoms with Crippen molar-refractivity contribution >= 4 is 11.5 Å². The second-order valence-corrected chi connectivity index (χ2v) is 4.47. The average Bonchev–Trinajstić information content (AvgIpc) is 2.49. The highest BCUT2D eigenvalue weighted by Crippen LogP contribution is 2.28. The molecule has 0 bridgehead atoms. The fourth-order valence-corrected chi connectivity index (χ4v) is 2.24. The van der Waals surface area contributed by atoms with Gasteiger partial charge in [-0.2, -0.15) is 0 Å². The van der Waals surface area contributed by atoms with Gasteiger partial charge in [-0.3, -0.25) is 0 Å². The van der Waals surface area contributed by atoms with Crippen LogP contribution in [0.25, 0.3) is 5.57 Å². The van der Waals surface area contributed by atoms with Crippen LogP contribution in [0, 0.1) is 0 Å². The molecular formula is C17H17NO2. The van der Waals surface area contributed by atoms with E-state index in [0.717, 1.165) is 23.1 Å². The van der Waals surface area contributed by atoms with Crippen molar-refractivity contribution in [2.75, 3.05) is 0 Å². The molecule has 2 rings (SSSR count). The van der Waals surface area contributed by atoms with E-state index in [4.69, 9.17) is 5.73 Å². The van der Waals surface area contributed by atoms with E-state index >= 15 is 0 Å². The molecule has 102 valence electrons. The molecule has 2 aromatic carbocycles. The molecule has 3 nitrogen and oxygen atoms in total. The Labute approximate surface area is 118 Å². The van der Waals surface area contributed by atoms with Crippen molar-refractivity contribution in [3.05, 3.63) is 77.0 Å². The van der Waals surface area contributed by atoms with Crippen molar-refractivity contribution in [1.29, 1.82) is 0 Å². The summed E-state index contributed by atoms with van der Waals surface area (Å²) >= 11 is 0. The number of aliphatic carboxylic acids is 1. The maximum atomic E-state index is 11.3. The van der Waals surface area contributed by atoms with Crippen molar-refractivity contribution < 1.29 is 9.90 Å². The summed E-state index contributed by atoms with van der Waals surface area (Å²) in [6.07, 6.45) is 0.819. The number of aryl methyl sites for hydroxylation is 1. The van der Waals surface area contributed by atoms with E-state index in [-0.39, 0.29) is 5.70 Å². The number of carboxylic acids is 1. The zero-order valence-electron chi connectivity index (χ0n) is 11.3. The Morgan fingerprint density at radius 2 is 1.65 bits per heavy atom. The third-order valence-electron chi connectivity index (χ3n) is 3.23. The highest BCUT2D eigenvalue weighted by molar-refractivity contribution is 6.00. The van der Waals surface area contributed by atoms with E-state index in [9.17, 15) is 9.90 Å². The summed E-state index contributed by atoms with van der Waals surface area (Å²) < 4.78 is 0. The Balaban J connectivity index is 2.72. The fraction of sp³-hybridized carbons (Fsp3) is 0.118. The molecule has 0 aliphatic heterocycles. The number of carbonyl (C=O) groups is 1. The quantitative estimate of drug-likeness (QED) is 0.837. The van der Waals surface area contributed by atoms with Crippen LogP contribution in [0.5, 0.6) is 0 Å². The van der Waals surface area contributed by atoms with Crippen molar-refractivity contribution in [2.45, 2.75) is 13.3 Å². The third kappa shape index (κ3) is 2.72. The first-order chi connectivity index (χ1) is 9.65. The van der Waals surface area contributed by atoms with Gasteiger partial charge < -0.3 is 10.8 Å². The number of rotatable bonds is 4. The lowest BCUT2D eigenvalue weighted by molar-refractivity contribution is -0.132. The molecule has 0 unspecified atom stereocenters. The van der Waals surface area contributed by atoms with E-state index in [2.05, 4.69) is 0 Å². The maximum Gasteiger partial charge on any atom is 0.352 e. The highest BCUT2D eigenvalue weighted by atomic mass is 16.4. The van der Waals surface area contributed by atoms with Gasteiger partial charge in [-0.1, -0.05) is 61.5 Å². The molecule has 3 N–H and O–H groups in total. The van der Waals surface area contributed by atoms with Crippen LogP contribution in [-0.2, 0) is 11.2 Å². The predicted octanol–water partition coefficient (Wildman–Crippen LogP) is 3.05. The molecule has 0 saturated heterocycles. The second-order valence-electron chi connectivity index (χ2n) is 4.47.